The van der Waals surface area contributed by atoms with Crippen LogP contribution in [0.25, 0.3) is 0 Å². The van der Waals surface area contributed by atoms with Crippen molar-refractivity contribution >= 4 is 11.7 Å². The van der Waals surface area contributed by atoms with Crippen molar-refractivity contribution in [2.45, 2.75) is 38.3 Å². The van der Waals surface area contributed by atoms with Crippen LogP contribution in [0.15, 0.2) is 54.7 Å². The smallest absolute Gasteiger partial charge is 0.290 e. The normalized spacial score (nSPS) is 22.1. The number of aryl methyl sites for hydroxylation is 1. The van der Waals surface area contributed by atoms with Gasteiger partial charge in [0.15, 0.2) is 0 Å². The monoisotopic (exact) mass is 377 g/mol. The lowest BCUT2D eigenvalue weighted by molar-refractivity contribution is -0.147. The van der Waals surface area contributed by atoms with Gasteiger partial charge in [0.05, 0.1) is 5.69 Å². The molecule has 1 amide bonds. The van der Waals surface area contributed by atoms with Gasteiger partial charge in [-0.1, -0.05) is 36.4 Å². The summed E-state index contributed by atoms with van der Waals surface area (Å²) in [4.78, 5) is 34.1. The molecule has 0 unspecified atom stereocenters. The van der Waals surface area contributed by atoms with Crippen molar-refractivity contribution < 1.29 is 9.59 Å². The Labute approximate surface area is 166 Å². The van der Waals surface area contributed by atoms with Gasteiger partial charge in [0.25, 0.3) is 5.91 Å². The van der Waals surface area contributed by atoms with Gasteiger partial charge in [0.2, 0.25) is 5.78 Å². The number of nitrogens with zero attached hydrogens (tertiary/aromatic N) is 3. The minimum atomic E-state index is -0.287. The number of ketones is 1. The van der Waals surface area contributed by atoms with Crippen LogP contribution in [0, 0.1) is 5.92 Å². The Bertz CT molecular complexity index is 809. The third-order valence-electron chi connectivity index (χ3n) is 5.88. The maximum Gasteiger partial charge on any atom is 0.290 e. The quantitative estimate of drug-likeness (QED) is 0.727. The van der Waals surface area contributed by atoms with Crippen LogP contribution in [-0.2, 0) is 22.6 Å². The minimum Gasteiger partial charge on any atom is -0.332 e. The zero-order chi connectivity index (χ0) is 19.3. The predicted octanol–water partition coefficient (Wildman–Crippen LogP) is 2.71. The molecule has 3 aliphatic heterocycles. The van der Waals surface area contributed by atoms with Crippen LogP contribution in [0.1, 0.15) is 30.5 Å². The van der Waals surface area contributed by atoms with Crippen molar-refractivity contribution in [1.82, 2.24) is 14.8 Å². The molecule has 2 bridgehead atoms. The van der Waals surface area contributed by atoms with Crippen LogP contribution in [0.5, 0.6) is 0 Å². The van der Waals surface area contributed by atoms with Gasteiger partial charge in [-0.05, 0) is 42.9 Å². The molecule has 28 heavy (non-hydrogen) atoms. The number of amides is 1. The summed E-state index contributed by atoms with van der Waals surface area (Å²) in [5, 5.41) is 0. The largest absolute Gasteiger partial charge is 0.332 e. The first kappa shape index (κ1) is 18.8. The van der Waals surface area contributed by atoms with E-state index in [9.17, 15) is 9.59 Å². The first-order chi connectivity index (χ1) is 13.7. The number of aromatic nitrogens is 1. The third-order valence-corrected chi connectivity index (χ3v) is 5.88. The highest BCUT2D eigenvalue weighted by Gasteiger charge is 2.38. The Balaban J connectivity index is 1.37. The Hall–Kier alpha value is -2.53. The van der Waals surface area contributed by atoms with E-state index in [0.717, 1.165) is 43.7 Å². The average Bonchev–Trinajstić information content (AvgIpc) is 3.03. The Morgan fingerprint density at radius 2 is 1.79 bits per heavy atom. The number of rotatable bonds is 6. The molecule has 5 nitrogen and oxygen atoms in total. The molecule has 3 fully saturated rings. The molecule has 1 aromatic heterocycles. The molecule has 2 aromatic rings. The van der Waals surface area contributed by atoms with Crippen molar-refractivity contribution in [3.05, 3.63) is 66.0 Å². The van der Waals surface area contributed by atoms with Crippen LogP contribution in [-0.4, -0.2) is 52.2 Å². The lowest BCUT2D eigenvalue weighted by Crippen LogP contribution is -2.49. The molecule has 0 radical (unpaired) electrons. The summed E-state index contributed by atoms with van der Waals surface area (Å²) in [5.74, 6) is -0.105. The van der Waals surface area contributed by atoms with Gasteiger partial charge in [-0.2, -0.15) is 0 Å². The highest BCUT2D eigenvalue weighted by Crippen LogP contribution is 2.29. The Morgan fingerprint density at radius 1 is 0.964 bits per heavy atom. The molecule has 146 valence electrons. The maximum absolute atomic E-state index is 12.9. The minimum absolute atomic E-state index is 0.135. The fourth-order valence-corrected chi connectivity index (χ4v) is 4.45. The van der Waals surface area contributed by atoms with Gasteiger partial charge in [0.1, 0.15) is 0 Å². The summed E-state index contributed by atoms with van der Waals surface area (Å²) in [6.07, 6.45) is 4.85. The number of hydrogen-bond donors (Lipinski definition) is 0. The molecule has 3 saturated heterocycles. The number of piperidine rings is 1. The highest BCUT2D eigenvalue weighted by atomic mass is 16.2. The van der Waals surface area contributed by atoms with Crippen molar-refractivity contribution in [1.29, 1.82) is 0 Å². The molecule has 5 heteroatoms. The summed E-state index contributed by atoms with van der Waals surface area (Å²) in [5.41, 5.74) is 2.16. The van der Waals surface area contributed by atoms with Crippen LogP contribution in [0.3, 0.4) is 0 Å². The van der Waals surface area contributed by atoms with E-state index in [0.29, 0.717) is 18.9 Å². The topological polar surface area (TPSA) is 53.5 Å². The first-order valence-electron chi connectivity index (χ1n) is 10.2. The predicted molar refractivity (Wildman–Crippen MR) is 108 cm³/mol. The summed E-state index contributed by atoms with van der Waals surface area (Å²) in [6, 6.07) is 16.0. The SMILES string of the molecule is O=C(CCc1ccccc1)C(=O)N1C[C@@H]2CC[C@H]1CN(Cc1ccccn1)C2. The number of pyridine rings is 1. The van der Waals surface area contributed by atoms with E-state index >= 15 is 0 Å². The lowest BCUT2D eigenvalue weighted by atomic mass is 9.94. The van der Waals surface area contributed by atoms with E-state index in [-0.39, 0.29) is 24.2 Å². The Kier molecular flexibility index (Phi) is 5.81. The van der Waals surface area contributed by atoms with Crippen molar-refractivity contribution in [2.75, 3.05) is 19.6 Å². The fourth-order valence-electron chi connectivity index (χ4n) is 4.45. The molecular formula is C23H27N3O2. The molecule has 5 rings (SSSR count). The maximum atomic E-state index is 12.9. The van der Waals surface area contributed by atoms with Crippen LogP contribution < -0.4 is 0 Å². The zero-order valence-corrected chi connectivity index (χ0v) is 16.2. The van der Waals surface area contributed by atoms with E-state index in [1.54, 1.807) is 0 Å². The number of hydrogen-bond acceptors (Lipinski definition) is 4. The number of carbonyl (C=O) groups is 2. The second-order valence-corrected chi connectivity index (χ2v) is 7.98. The zero-order valence-electron chi connectivity index (χ0n) is 16.2. The summed E-state index contributed by atoms with van der Waals surface area (Å²) >= 11 is 0. The number of carbonyl (C=O) groups excluding carboxylic acids is 2. The number of benzene rings is 1. The van der Waals surface area contributed by atoms with Gasteiger partial charge >= 0.3 is 0 Å². The van der Waals surface area contributed by atoms with Crippen LogP contribution in [0.4, 0.5) is 0 Å². The molecule has 0 spiro atoms. The van der Waals surface area contributed by atoms with Gasteiger partial charge < -0.3 is 4.90 Å². The highest BCUT2D eigenvalue weighted by molar-refractivity contribution is 6.36. The molecule has 2 atom stereocenters. The third kappa shape index (κ3) is 4.47. The van der Waals surface area contributed by atoms with Gasteiger partial charge in [-0.3, -0.25) is 19.5 Å². The standard InChI is InChI=1S/C23H27N3O2/c27-22(12-10-18-6-2-1-3-7-18)23(28)26-15-19-9-11-21(26)17-25(14-19)16-20-8-4-5-13-24-20/h1-8,13,19,21H,9-12,14-17H2/t19-,21+/m1/s1. The van der Waals surface area contributed by atoms with E-state index < -0.39 is 0 Å². The molecular weight excluding hydrogens is 350 g/mol. The summed E-state index contributed by atoms with van der Waals surface area (Å²) in [7, 11) is 0. The molecule has 0 saturated carbocycles. The number of Topliss-reactive ketones (excluding diaryl/α,β-unsaturated/α-hetero) is 1. The fraction of sp³-hybridized carbons (Fsp3) is 0.435. The van der Waals surface area contributed by atoms with Crippen molar-refractivity contribution in [2.24, 2.45) is 5.92 Å². The van der Waals surface area contributed by atoms with Crippen molar-refractivity contribution in [3.63, 3.8) is 0 Å². The van der Waals surface area contributed by atoms with Crippen molar-refractivity contribution in [3.8, 4) is 0 Å². The Morgan fingerprint density at radius 3 is 2.57 bits per heavy atom. The molecule has 1 aromatic carbocycles. The van der Waals surface area contributed by atoms with E-state index in [4.69, 9.17) is 0 Å². The summed E-state index contributed by atoms with van der Waals surface area (Å²) in [6.45, 7) is 3.30. The molecule has 3 aliphatic rings. The van der Waals surface area contributed by atoms with Crippen LogP contribution >= 0.6 is 0 Å². The first-order valence-corrected chi connectivity index (χ1v) is 10.2. The lowest BCUT2D eigenvalue weighted by Gasteiger charge is -2.35. The molecule has 0 N–H and O–H groups in total. The average molecular weight is 377 g/mol. The second kappa shape index (κ2) is 8.65. The summed E-state index contributed by atoms with van der Waals surface area (Å²) < 4.78 is 0. The van der Waals surface area contributed by atoms with Gasteiger partial charge in [-0.25, -0.2) is 0 Å². The van der Waals surface area contributed by atoms with Gasteiger partial charge in [-0.15, -0.1) is 0 Å². The van der Waals surface area contributed by atoms with E-state index in [1.165, 1.54) is 0 Å². The van der Waals surface area contributed by atoms with E-state index in [1.807, 2.05) is 59.6 Å². The van der Waals surface area contributed by atoms with Gasteiger partial charge in [0, 0.05) is 44.8 Å². The number of fused-ring (bicyclic) bond motifs is 4. The second-order valence-electron chi connectivity index (χ2n) is 7.98. The van der Waals surface area contributed by atoms with Crippen LogP contribution in [0.2, 0.25) is 0 Å². The molecule has 0 aliphatic carbocycles. The van der Waals surface area contributed by atoms with E-state index in [2.05, 4.69) is 9.88 Å². The molecule has 4 heterocycles.